The average molecular weight is 198 g/mol. The summed E-state index contributed by atoms with van der Waals surface area (Å²) < 4.78 is 16.1. The fraction of sp³-hybridized carbons (Fsp3) is 0.667. The van der Waals surface area contributed by atoms with E-state index in [1.165, 1.54) is 6.39 Å². The molecule has 78 valence electrons. The number of hydrogen-bond acceptors (Lipinski definition) is 5. The Morgan fingerprint density at radius 3 is 3.21 bits per heavy atom. The van der Waals surface area contributed by atoms with Crippen molar-refractivity contribution in [3.05, 3.63) is 17.8 Å². The molecule has 14 heavy (non-hydrogen) atoms. The summed E-state index contributed by atoms with van der Waals surface area (Å²) in [6, 6.07) is 0. The van der Waals surface area contributed by atoms with Gasteiger partial charge < -0.3 is 19.2 Å². The molecule has 2 heterocycles. The smallest absolute Gasteiger partial charge is 0.181 e. The summed E-state index contributed by atoms with van der Waals surface area (Å²) in [6.45, 7) is 2.51. The third-order valence-electron chi connectivity index (χ3n) is 2.13. The minimum Gasteiger partial charge on any atom is -0.445 e. The molecule has 1 aliphatic heterocycles. The van der Waals surface area contributed by atoms with Crippen molar-refractivity contribution in [2.24, 2.45) is 0 Å². The second-order valence-corrected chi connectivity index (χ2v) is 3.13. The van der Waals surface area contributed by atoms with Gasteiger partial charge in [-0.15, -0.1) is 0 Å². The fourth-order valence-corrected chi connectivity index (χ4v) is 1.48. The van der Waals surface area contributed by atoms with E-state index in [9.17, 15) is 0 Å². The first-order valence-electron chi connectivity index (χ1n) is 4.68. The van der Waals surface area contributed by atoms with Gasteiger partial charge >= 0.3 is 0 Å². The summed E-state index contributed by atoms with van der Waals surface area (Å²) in [5.41, 5.74) is 0.892. The van der Waals surface area contributed by atoms with Crippen LogP contribution in [-0.4, -0.2) is 31.9 Å². The standard InChI is InChI=1S/C9H14N2O3/c1-10-4-7-9(14-6-11-7)8-5-12-2-3-13-8/h6,8,10H,2-5H2,1H3. The molecule has 1 aromatic heterocycles. The number of hydrogen-bond donors (Lipinski definition) is 1. The van der Waals surface area contributed by atoms with Crippen LogP contribution < -0.4 is 5.32 Å². The molecule has 0 aliphatic carbocycles. The summed E-state index contributed by atoms with van der Waals surface area (Å²) in [7, 11) is 1.87. The molecule has 0 spiro atoms. The van der Waals surface area contributed by atoms with E-state index < -0.39 is 0 Å². The lowest BCUT2D eigenvalue weighted by Crippen LogP contribution is -2.23. The highest BCUT2D eigenvalue weighted by molar-refractivity contribution is 5.10. The van der Waals surface area contributed by atoms with Gasteiger partial charge in [-0.2, -0.15) is 0 Å². The molecular weight excluding hydrogens is 184 g/mol. The molecule has 1 aromatic rings. The van der Waals surface area contributed by atoms with Crippen LogP contribution in [0.5, 0.6) is 0 Å². The van der Waals surface area contributed by atoms with Crippen LogP contribution in [0.25, 0.3) is 0 Å². The first-order chi connectivity index (χ1) is 6.92. The molecule has 1 aliphatic rings. The van der Waals surface area contributed by atoms with E-state index in [-0.39, 0.29) is 6.10 Å². The van der Waals surface area contributed by atoms with E-state index in [2.05, 4.69) is 10.3 Å². The highest BCUT2D eigenvalue weighted by atomic mass is 16.6. The Kier molecular flexibility index (Phi) is 3.13. The lowest BCUT2D eigenvalue weighted by atomic mass is 10.2. The monoisotopic (exact) mass is 198 g/mol. The third-order valence-corrected chi connectivity index (χ3v) is 2.13. The first kappa shape index (κ1) is 9.64. The zero-order valence-corrected chi connectivity index (χ0v) is 8.16. The summed E-state index contributed by atoms with van der Waals surface area (Å²) in [4.78, 5) is 4.12. The van der Waals surface area contributed by atoms with Gasteiger partial charge in [0, 0.05) is 6.54 Å². The molecule has 1 saturated heterocycles. The Bertz CT molecular complexity index is 281. The predicted octanol–water partition coefficient (Wildman–Crippen LogP) is 0.482. The van der Waals surface area contributed by atoms with Gasteiger partial charge in [0.25, 0.3) is 0 Å². The average Bonchev–Trinajstić information content (AvgIpc) is 2.68. The van der Waals surface area contributed by atoms with E-state index >= 15 is 0 Å². The van der Waals surface area contributed by atoms with Gasteiger partial charge in [-0.05, 0) is 7.05 Å². The maximum absolute atomic E-state index is 5.52. The fourth-order valence-electron chi connectivity index (χ4n) is 1.48. The van der Waals surface area contributed by atoms with Crippen molar-refractivity contribution in [1.82, 2.24) is 10.3 Å². The van der Waals surface area contributed by atoms with E-state index in [1.807, 2.05) is 7.05 Å². The molecule has 5 nitrogen and oxygen atoms in total. The second-order valence-electron chi connectivity index (χ2n) is 3.13. The van der Waals surface area contributed by atoms with E-state index in [0.717, 1.165) is 11.5 Å². The lowest BCUT2D eigenvalue weighted by molar-refractivity contribution is -0.0979. The number of ether oxygens (including phenoxy) is 2. The van der Waals surface area contributed by atoms with Crippen LogP contribution in [0.15, 0.2) is 10.8 Å². The number of nitrogens with one attached hydrogen (secondary N) is 1. The number of aromatic nitrogens is 1. The van der Waals surface area contributed by atoms with Gasteiger partial charge in [-0.3, -0.25) is 0 Å². The number of nitrogens with zero attached hydrogens (tertiary/aromatic N) is 1. The van der Waals surface area contributed by atoms with Crippen molar-refractivity contribution in [3.8, 4) is 0 Å². The van der Waals surface area contributed by atoms with Crippen LogP contribution in [0.3, 0.4) is 0 Å². The van der Waals surface area contributed by atoms with Crippen LogP contribution in [0.1, 0.15) is 17.6 Å². The normalized spacial score (nSPS) is 22.5. The Morgan fingerprint density at radius 1 is 1.57 bits per heavy atom. The molecule has 5 heteroatoms. The van der Waals surface area contributed by atoms with Gasteiger partial charge in [-0.1, -0.05) is 0 Å². The van der Waals surface area contributed by atoms with E-state index in [4.69, 9.17) is 13.9 Å². The van der Waals surface area contributed by atoms with Crippen molar-refractivity contribution in [2.75, 3.05) is 26.9 Å². The van der Waals surface area contributed by atoms with Crippen molar-refractivity contribution in [1.29, 1.82) is 0 Å². The van der Waals surface area contributed by atoms with E-state index in [0.29, 0.717) is 26.4 Å². The SMILES string of the molecule is CNCc1ncoc1C1COCCO1. The minimum atomic E-state index is -0.102. The molecule has 1 atom stereocenters. The van der Waals surface area contributed by atoms with Crippen LogP contribution in [0, 0.1) is 0 Å². The first-order valence-corrected chi connectivity index (χ1v) is 4.68. The van der Waals surface area contributed by atoms with Crippen LogP contribution in [0.2, 0.25) is 0 Å². The molecule has 1 N–H and O–H groups in total. The van der Waals surface area contributed by atoms with Gasteiger partial charge in [0.15, 0.2) is 12.2 Å². The molecule has 1 fully saturated rings. The Hall–Kier alpha value is -0.910. The van der Waals surface area contributed by atoms with Crippen molar-refractivity contribution in [2.45, 2.75) is 12.6 Å². The maximum atomic E-state index is 5.52. The highest BCUT2D eigenvalue weighted by Gasteiger charge is 2.23. The quantitative estimate of drug-likeness (QED) is 0.765. The van der Waals surface area contributed by atoms with Crippen LogP contribution in [-0.2, 0) is 16.0 Å². The highest BCUT2D eigenvalue weighted by Crippen LogP contribution is 2.23. The van der Waals surface area contributed by atoms with Crippen LogP contribution >= 0.6 is 0 Å². The number of rotatable bonds is 3. The summed E-state index contributed by atoms with van der Waals surface area (Å²) >= 11 is 0. The molecule has 0 bridgehead atoms. The van der Waals surface area contributed by atoms with Crippen molar-refractivity contribution < 1.29 is 13.9 Å². The van der Waals surface area contributed by atoms with Crippen molar-refractivity contribution in [3.63, 3.8) is 0 Å². The molecule has 0 saturated carbocycles. The van der Waals surface area contributed by atoms with Gasteiger partial charge in [-0.25, -0.2) is 4.98 Å². The van der Waals surface area contributed by atoms with Gasteiger partial charge in [0.2, 0.25) is 0 Å². The topological polar surface area (TPSA) is 56.5 Å². The largest absolute Gasteiger partial charge is 0.445 e. The summed E-state index contributed by atoms with van der Waals surface area (Å²) in [6.07, 6.45) is 1.34. The minimum absolute atomic E-state index is 0.102. The number of oxazole rings is 1. The zero-order valence-electron chi connectivity index (χ0n) is 8.16. The van der Waals surface area contributed by atoms with E-state index in [1.54, 1.807) is 0 Å². The maximum Gasteiger partial charge on any atom is 0.181 e. The molecule has 0 aromatic carbocycles. The van der Waals surface area contributed by atoms with Gasteiger partial charge in [0.1, 0.15) is 6.10 Å². The summed E-state index contributed by atoms with van der Waals surface area (Å²) in [5.74, 6) is 0.777. The summed E-state index contributed by atoms with van der Waals surface area (Å²) in [5, 5.41) is 3.03. The molecule has 2 rings (SSSR count). The van der Waals surface area contributed by atoms with Gasteiger partial charge in [0.05, 0.1) is 25.5 Å². The van der Waals surface area contributed by atoms with Crippen molar-refractivity contribution >= 4 is 0 Å². The Morgan fingerprint density at radius 2 is 2.50 bits per heavy atom. The molecular formula is C9H14N2O3. The Balaban J connectivity index is 2.09. The predicted molar refractivity (Wildman–Crippen MR) is 48.8 cm³/mol. The third kappa shape index (κ3) is 1.95. The molecule has 0 radical (unpaired) electrons. The second kappa shape index (κ2) is 4.54. The lowest BCUT2D eigenvalue weighted by Gasteiger charge is -2.21. The molecule has 0 amide bonds. The molecule has 1 unspecified atom stereocenters. The Labute approximate surface area is 82.4 Å². The zero-order chi connectivity index (χ0) is 9.80. The van der Waals surface area contributed by atoms with Crippen LogP contribution in [0.4, 0.5) is 0 Å².